The Balaban J connectivity index is 2.20. The van der Waals surface area contributed by atoms with Gasteiger partial charge in [-0.2, -0.15) is 0 Å². The predicted octanol–water partition coefficient (Wildman–Crippen LogP) is 2.49. The van der Waals surface area contributed by atoms with Gasteiger partial charge in [0.15, 0.2) is 0 Å². The molecule has 2 aromatic rings. The summed E-state index contributed by atoms with van der Waals surface area (Å²) in [4.78, 5) is 14.0. The molecular weight excluding hydrogens is 288 g/mol. The molecule has 5 heteroatoms. The van der Waals surface area contributed by atoms with Gasteiger partial charge in [0.25, 0.3) is 0 Å². The number of benzene rings is 2. The Morgan fingerprint density at radius 3 is 2.43 bits per heavy atom. The van der Waals surface area contributed by atoms with E-state index in [-0.39, 0.29) is 25.5 Å². The van der Waals surface area contributed by atoms with Crippen molar-refractivity contribution < 1.29 is 9.90 Å². The Bertz CT molecular complexity index is 614. The largest absolute Gasteiger partial charge is 0.397 e. The van der Waals surface area contributed by atoms with Crippen LogP contribution in [0.1, 0.15) is 5.56 Å². The van der Waals surface area contributed by atoms with E-state index in [0.717, 1.165) is 5.56 Å². The average molecular weight is 305 g/mol. The van der Waals surface area contributed by atoms with Gasteiger partial charge in [-0.05, 0) is 29.8 Å². The van der Waals surface area contributed by atoms with Crippen LogP contribution in [-0.4, -0.2) is 24.2 Å². The van der Waals surface area contributed by atoms with Gasteiger partial charge in [0.2, 0.25) is 5.91 Å². The third-order valence-electron chi connectivity index (χ3n) is 3.12. The smallest absolute Gasteiger partial charge is 0.231 e. The lowest BCUT2D eigenvalue weighted by molar-refractivity contribution is -0.118. The molecule has 2 rings (SSSR count). The SMILES string of the molecule is Nc1ccccc1N(CCO)C(=O)Cc1ccc(Cl)cc1. The van der Waals surface area contributed by atoms with Crippen LogP contribution in [0.3, 0.4) is 0 Å². The van der Waals surface area contributed by atoms with Gasteiger partial charge in [0.1, 0.15) is 0 Å². The fourth-order valence-corrected chi connectivity index (χ4v) is 2.21. The second-order valence-corrected chi connectivity index (χ2v) is 5.07. The zero-order chi connectivity index (χ0) is 15.2. The van der Waals surface area contributed by atoms with Crippen LogP contribution >= 0.6 is 11.6 Å². The molecule has 4 nitrogen and oxygen atoms in total. The minimum atomic E-state index is -0.124. The van der Waals surface area contributed by atoms with Crippen LogP contribution in [0.5, 0.6) is 0 Å². The number of aliphatic hydroxyl groups is 1. The molecule has 0 unspecified atom stereocenters. The molecule has 0 aliphatic carbocycles. The summed E-state index contributed by atoms with van der Waals surface area (Å²) in [7, 11) is 0. The number of anilines is 2. The third kappa shape index (κ3) is 3.97. The van der Waals surface area contributed by atoms with Crippen molar-refractivity contribution in [3.8, 4) is 0 Å². The molecule has 0 atom stereocenters. The first kappa shape index (κ1) is 15.4. The summed E-state index contributed by atoms with van der Waals surface area (Å²) in [6.45, 7) is 0.0847. The lowest BCUT2D eigenvalue weighted by Gasteiger charge is -2.23. The number of para-hydroxylation sites is 2. The maximum absolute atomic E-state index is 12.5. The number of hydrogen-bond donors (Lipinski definition) is 2. The van der Waals surface area contributed by atoms with E-state index in [0.29, 0.717) is 16.4 Å². The number of rotatable bonds is 5. The van der Waals surface area contributed by atoms with Gasteiger partial charge >= 0.3 is 0 Å². The monoisotopic (exact) mass is 304 g/mol. The first-order chi connectivity index (χ1) is 10.1. The second-order valence-electron chi connectivity index (χ2n) is 4.63. The molecule has 0 aromatic heterocycles. The van der Waals surface area contributed by atoms with Gasteiger partial charge in [-0.3, -0.25) is 4.79 Å². The van der Waals surface area contributed by atoms with Crippen molar-refractivity contribution in [2.45, 2.75) is 6.42 Å². The summed E-state index contributed by atoms with van der Waals surface area (Å²) in [6, 6.07) is 14.2. The van der Waals surface area contributed by atoms with Gasteiger partial charge in [0.05, 0.1) is 24.4 Å². The van der Waals surface area contributed by atoms with Crippen molar-refractivity contribution in [1.29, 1.82) is 0 Å². The van der Waals surface area contributed by atoms with Gasteiger partial charge in [-0.25, -0.2) is 0 Å². The number of carbonyl (C=O) groups is 1. The van der Waals surface area contributed by atoms with Gasteiger partial charge in [-0.15, -0.1) is 0 Å². The van der Waals surface area contributed by atoms with E-state index in [1.54, 1.807) is 30.3 Å². The lowest BCUT2D eigenvalue weighted by Crippen LogP contribution is -2.35. The number of nitrogens with two attached hydrogens (primary N) is 1. The Labute approximate surface area is 128 Å². The van der Waals surface area contributed by atoms with Crippen LogP contribution in [0, 0.1) is 0 Å². The van der Waals surface area contributed by atoms with Crippen molar-refractivity contribution in [1.82, 2.24) is 0 Å². The van der Waals surface area contributed by atoms with Gasteiger partial charge in [-0.1, -0.05) is 35.9 Å². The Morgan fingerprint density at radius 1 is 1.14 bits per heavy atom. The van der Waals surface area contributed by atoms with Crippen molar-refractivity contribution >= 4 is 28.9 Å². The molecular formula is C16H17ClN2O2. The van der Waals surface area contributed by atoms with Crippen molar-refractivity contribution in [2.24, 2.45) is 0 Å². The van der Waals surface area contributed by atoms with Crippen LogP contribution in [0.2, 0.25) is 5.02 Å². The second kappa shape index (κ2) is 7.11. The predicted molar refractivity (Wildman–Crippen MR) is 85.4 cm³/mol. The molecule has 3 N–H and O–H groups in total. The average Bonchev–Trinajstić information content (AvgIpc) is 2.48. The normalized spacial score (nSPS) is 10.4. The number of carbonyl (C=O) groups excluding carboxylic acids is 1. The lowest BCUT2D eigenvalue weighted by atomic mass is 10.1. The number of nitrogen functional groups attached to an aromatic ring is 1. The van der Waals surface area contributed by atoms with Crippen LogP contribution in [0.25, 0.3) is 0 Å². The summed E-state index contributed by atoms with van der Waals surface area (Å²) >= 11 is 5.83. The molecule has 0 saturated carbocycles. The van der Waals surface area contributed by atoms with E-state index in [2.05, 4.69) is 0 Å². The topological polar surface area (TPSA) is 66.6 Å². The number of aliphatic hydroxyl groups excluding tert-OH is 1. The number of halogens is 1. The minimum Gasteiger partial charge on any atom is -0.397 e. The molecule has 0 radical (unpaired) electrons. The molecule has 21 heavy (non-hydrogen) atoms. The Morgan fingerprint density at radius 2 is 1.81 bits per heavy atom. The fourth-order valence-electron chi connectivity index (χ4n) is 2.09. The molecule has 0 aliphatic rings. The number of amides is 1. The van der Waals surface area contributed by atoms with E-state index in [4.69, 9.17) is 17.3 Å². The molecule has 0 fully saturated rings. The minimum absolute atomic E-state index is 0.121. The molecule has 0 saturated heterocycles. The zero-order valence-electron chi connectivity index (χ0n) is 11.5. The molecule has 1 amide bonds. The van der Waals surface area contributed by atoms with Crippen molar-refractivity contribution in [3.05, 3.63) is 59.1 Å². The molecule has 0 spiro atoms. The van der Waals surface area contributed by atoms with Crippen molar-refractivity contribution in [3.63, 3.8) is 0 Å². The quantitative estimate of drug-likeness (QED) is 0.834. The summed E-state index contributed by atoms with van der Waals surface area (Å²) in [5.74, 6) is -0.121. The van der Waals surface area contributed by atoms with E-state index in [1.807, 2.05) is 18.2 Å². The standard InChI is InChI=1S/C16H17ClN2O2/c17-13-7-5-12(6-8-13)11-16(21)19(9-10-20)15-4-2-1-3-14(15)18/h1-8,20H,9-11,18H2. The Kier molecular flexibility index (Phi) is 5.20. The molecule has 0 bridgehead atoms. The molecule has 110 valence electrons. The summed E-state index contributed by atoms with van der Waals surface area (Å²) in [5.41, 5.74) is 7.90. The summed E-state index contributed by atoms with van der Waals surface area (Å²) < 4.78 is 0. The molecule has 0 heterocycles. The maximum Gasteiger partial charge on any atom is 0.231 e. The van der Waals surface area contributed by atoms with E-state index < -0.39 is 0 Å². The van der Waals surface area contributed by atoms with Crippen LogP contribution in [-0.2, 0) is 11.2 Å². The van der Waals surface area contributed by atoms with Crippen LogP contribution in [0.15, 0.2) is 48.5 Å². The highest BCUT2D eigenvalue weighted by molar-refractivity contribution is 6.30. The van der Waals surface area contributed by atoms with Crippen molar-refractivity contribution in [2.75, 3.05) is 23.8 Å². The third-order valence-corrected chi connectivity index (χ3v) is 3.37. The summed E-state index contributed by atoms with van der Waals surface area (Å²) in [5, 5.41) is 9.82. The number of hydrogen-bond acceptors (Lipinski definition) is 3. The maximum atomic E-state index is 12.5. The van der Waals surface area contributed by atoms with Crippen LogP contribution in [0.4, 0.5) is 11.4 Å². The highest BCUT2D eigenvalue weighted by Gasteiger charge is 2.17. The fraction of sp³-hybridized carbons (Fsp3) is 0.188. The first-order valence-corrected chi connectivity index (χ1v) is 7.00. The highest BCUT2D eigenvalue weighted by Crippen LogP contribution is 2.23. The number of nitrogens with zero attached hydrogens (tertiary/aromatic N) is 1. The highest BCUT2D eigenvalue weighted by atomic mass is 35.5. The van der Waals surface area contributed by atoms with Gasteiger partial charge in [0, 0.05) is 11.6 Å². The molecule has 2 aromatic carbocycles. The first-order valence-electron chi connectivity index (χ1n) is 6.62. The summed E-state index contributed by atoms with van der Waals surface area (Å²) in [6.07, 6.45) is 0.228. The van der Waals surface area contributed by atoms with E-state index in [9.17, 15) is 9.90 Å². The Hall–Kier alpha value is -2.04. The van der Waals surface area contributed by atoms with E-state index in [1.165, 1.54) is 4.90 Å². The van der Waals surface area contributed by atoms with E-state index >= 15 is 0 Å². The zero-order valence-corrected chi connectivity index (χ0v) is 12.3. The van der Waals surface area contributed by atoms with Gasteiger partial charge < -0.3 is 15.7 Å². The van der Waals surface area contributed by atoms with Crippen LogP contribution < -0.4 is 10.6 Å². The molecule has 0 aliphatic heterocycles.